The lowest BCUT2D eigenvalue weighted by molar-refractivity contribution is -0.385. The molecule has 1 aromatic rings. The summed E-state index contributed by atoms with van der Waals surface area (Å²) in [6, 6.07) is 5.23. The molecule has 0 radical (unpaired) electrons. The molecule has 2 fully saturated rings. The molecule has 0 aliphatic carbocycles. The second-order valence-corrected chi connectivity index (χ2v) is 7.12. The minimum Gasteiger partial charge on any atom is -0.380 e. The van der Waals surface area contributed by atoms with Gasteiger partial charge in [0.25, 0.3) is 5.69 Å². The number of nitro groups is 1. The van der Waals surface area contributed by atoms with E-state index in [1.807, 2.05) is 11.8 Å². The van der Waals surface area contributed by atoms with Crippen molar-refractivity contribution in [3.63, 3.8) is 0 Å². The second kappa shape index (κ2) is 6.52. The number of fused-ring (bicyclic) bond motifs is 1. The zero-order chi connectivity index (χ0) is 14.8. The van der Waals surface area contributed by atoms with E-state index in [1.165, 1.54) is 6.07 Å². The number of nitro benzene ring substituents is 1. The van der Waals surface area contributed by atoms with Crippen LogP contribution in [0.2, 0.25) is 5.02 Å². The monoisotopic (exact) mass is 328 g/mol. The summed E-state index contributed by atoms with van der Waals surface area (Å²) in [6.45, 7) is 3.09. The third-order valence-electron chi connectivity index (χ3n) is 4.06. The van der Waals surface area contributed by atoms with Crippen molar-refractivity contribution in [1.29, 1.82) is 0 Å². The predicted octanol–water partition coefficient (Wildman–Crippen LogP) is 2.95. The summed E-state index contributed by atoms with van der Waals surface area (Å²) < 4.78 is 5.54. The zero-order valence-electron chi connectivity index (χ0n) is 11.5. The molecule has 3 rings (SSSR count). The van der Waals surface area contributed by atoms with Gasteiger partial charge in [-0.3, -0.25) is 15.0 Å². The van der Waals surface area contributed by atoms with E-state index < -0.39 is 0 Å². The van der Waals surface area contributed by atoms with Crippen LogP contribution in [0.1, 0.15) is 12.0 Å². The van der Waals surface area contributed by atoms with Crippen LogP contribution >= 0.6 is 23.4 Å². The molecule has 21 heavy (non-hydrogen) atoms. The number of thioether (sulfide) groups is 1. The Morgan fingerprint density at radius 2 is 2.38 bits per heavy atom. The highest BCUT2D eigenvalue weighted by molar-refractivity contribution is 8.00. The highest BCUT2D eigenvalue weighted by Crippen LogP contribution is 2.33. The van der Waals surface area contributed by atoms with Crippen LogP contribution in [0, 0.1) is 10.1 Å². The van der Waals surface area contributed by atoms with Crippen molar-refractivity contribution in [1.82, 2.24) is 4.90 Å². The first-order chi connectivity index (χ1) is 10.1. The maximum atomic E-state index is 11.2. The molecule has 0 unspecified atom stereocenters. The average Bonchev–Trinajstić information content (AvgIpc) is 2.47. The van der Waals surface area contributed by atoms with Gasteiger partial charge in [-0.15, -0.1) is 0 Å². The van der Waals surface area contributed by atoms with Crippen LogP contribution < -0.4 is 0 Å². The molecular formula is C14H17ClN2O3S. The quantitative estimate of drug-likeness (QED) is 0.630. The first-order valence-electron chi connectivity index (χ1n) is 7.01. The molecule has 2 aliphatic heterocycles. The maximum Gasteiger partial charge on any atom is 0.273 e. The van der Waals surface area contributed by atoms with Gasteiger partial charge >= 0.3 is 0 Å². The molecule has 0 N–H and O–H groups in total. The fourth-order valence-electron chi connectivity index (χ4n) is 3.04. The first kappa shape index (κ1) is 15.1. The van der Waals surface area contributed by atoms with Gasteiger partial charge < -0.3 is 4.74 Å². The third-order valence-corrected chi connectivity index (χ3v) is 5.59. The Bertz CT molecular complexity index is 541. The van der Waals surface area contributed by atoms with Crippen molar-refractivity contribution in [2.45, 2.75) is 24.3 Å². The van der Waals surface area contributed by atoms with E-state index in [0.717, 1.165) is 31.9 Å². The Labute approximate surface area is 132 Å². The minimum absolute atomic E-state index is 0.154. The predicted molar refractivity (Wildman–Crippen MR) is 84.0 cm³/mol. The van der Waals surface area contributed by atoms with E-state index in [1.54, 1.807) is 12.1 Å². The Kier molecular flexibility index (Phi) is 4.69. The summed E-state index contributed by atoms with van der Waals surface area (Å²) in [6.07, 6.45) is 0.992. The molecule has 0 amide bonds. The van der Waals surface area contributed by atoms with Crippen LogP contribution in [-0.4, -0.2) is 46.6 Å². The number of ether oxygens (including phenoxy) is 1. The first-order valence-corrected chi connectivity index (χ1v) is 8.44. The lowest BCUT2D eigenvalue weighted by Crippen LogP contribution is -2.51. The van der Waals surface area contributed by atoms with Crippen molar-refractivity contribution in [3.8, 4) is 0 Å². The van der Waals surface area contributed by atoms with Gasteiger partial charge in [0.05, 0.1) is 11.5 Å². The molecule has 0 saturated carbocycles. The highest BCUT2D eigenvalue weighted by atomic mass is 35.5. The van der Waals surface area contributed by atoms with Crippen molar-refractivity contribution < 1.29 is 9.66 Å². The van der Waals surface area contributed by atoms with Crippen LogP contribution in [0.3, 0.4) is 0 Å². The van der Waals surface area contributed by atoms with Crippen LogP contribution in [-0.2, 0) is 11.3 Å². The van der Waals surface area contributed by atoms with Gasteiger partial charge in [0, 0.05) is 53.4 Å². The van der Waals surface area contributed by atoms with Crippen molar-refractivity contribution in [3.05, 3.63) is 38.9 Å². The Hall–Kier alpha value is -0.820. The van der Waals surface area contributed by atoms with Gasteiger partial charge in [-0.25, -0.2) is 0 Å². The fraction of sp³-hybridized carbons (Fsp3) is 0.571. The van der Waals surface area contributed by atoms with E-state index in [-0.39, 0.29) is 10.6 Å². The normalized spacial score (nSPS) is 26.3. The van der Waals surface area contributed by atoms with E-state index in [2.05, 4.69) is 4.90 Å². The molecule has 2 heterocycles. The summed E-state index contributed by atoms with van der Waals surface area (Å²) >= 11 is 7.96. The molecule has 0 bridgehead atoms. The van der Waals surface area contributed by atoms with E-state index in [4.69, 9.17) is 16.3 Å². The molecular weight excluding hydrogens is 312 g/mol. The molecule has 0 aromatic heterocycles. The molecule has 2 atom stereocenters. The zero-order valence-corrected chi connectivity index (χ0v) is 13.1. The Balaban J connectivity index is 1.82. The van der Waals surface area contributed by atoms with Crippen LogP contribution in [0.4, 0.5) is 5.69 Å². The number of benzene rings is 1. The lowest BCUT2D eigenvalue weighted by Gasteiger charge is -2.43. The van der Waals surface area contributed by atoms with Crippen LogP contribution in [0.15, 0.2) is 18.2 Å². The second-order valence-electron chi connectivity index (χ2n) is 5.34. The largest absolute Gasteiger partial charge is 0.380 e. The van der Waals surface area contributed by atoms with Crippen molar-refractivity contribution >= 4 is 29.1 Å². The summed E-state index contributed by atoms with van der Waals surface area (Å²) in [5, 5.41) is 12.2. The van der Waals surface area contributed by atoms with Crippen LogP contribution in [0.25, 0.3) is 0 Å². The number of hydrogen-bond donors (Lipinski definition) is 0. The molecule has 2 aliphatic rings. The smallest absolute Gasteiger partial charge is 0.273 e. The highest BCUT2D eigenvalue weighted by Gasteiger charge is 2.35. The van der Waals surface area contributed by atoms with Gasteiger partial charge in [0.1, 0.15) is 0 Å². The SMILES string of the molecule is O=[N+]([O-])c1ccc(Cl)cc1CN1CCS[C@@H]2COCC[C@H]21. The van der Waals surface area contributed by atoms with E-state index >= 15 is 0 Å². The van der Waals surface area contributed by atoms with E-state index in [0.29, 0.717) is 28.4 Å². The molecule has 0 spiro atoms. The van der Waals surface area contributed by atoms with Crippen molar-refractivity contribution in [2.75, 3.05) is 25.5 Å². The Morgan fingerprint density at radius 3 is 3.19 bits per heavy atom. The molecule has 1 aromatic carbocycles. The Morgan fingerprint density at radius 1 is 1.52 bits per heavy atom. The lowest BCUT2D eigenvalue weighted by atomic mass is 10.0. The van der Waals surface area contributed by atoms with Crippen LogP contribution in [0.5, 0.6) is 0 Å². The summed E-state index contributed by atoms with van der Waals surface area (Å²) in [5.74, 6) is 1.04. The van der Waals surface area contributed by atoms with Gasteiger partial charge in [0.2, 0.25) is 0 Å². The number of halogens is 1. The topological polar surface area (TPSA) is 55.6 Å². The summed E-state index contributed by atoms with van der Waals surface area (Å²) in [5.41, 5.74) is 0.853. The number of rotatable bonds is 3. The number of nitrogens with zero attached hydrogens (tertiary/aromatic N) is 2. The molecule has 5 nitrogen and oxygen atoms in total. The van der Waals surface area contributed by atoms with Crippen molar-refractivity contribution in [2.24, 2.45) is 0 Å². The fourth-order valence-corrected chi connectivity index (χ4v) is 4.60. The van der Waals surface area contributed by atoms with Gasteiger partial charge in [-0.2, -0.15) is 11.8 Å². The number of hydrogen-bond acceptors (Lipinski definition) is 5. The molecule has 114 valence electrons. The average molecular weight is 329 g/mol. The van der Waals surface area contributed by atoms with Gasteiger partial charge in [0.15, 0.2) is 0 Å². The van der Waals surface area contributed by atoms with Gasteiger partial charge in [-0.05, 0) is 18.6 Å². The summed E-state index contributed by atoms with van der Waals surface area (Å²) in [4.78, 5) is 13.2. The molecule has 2 saturated heterocycles. The summed E-state index contributed by atoms with van der Waals surface area (Å²) in [7, 11) is 0. The third kappa shape index (κ3) is 3.34. The van der Waals surface area contributed by atoms with Gasteiger partial charge in [-0.1, -0.05) is 11.6 Å². The maximum absolute atomic E-state index is 11.2. The standard InChI is InChI=1S/C14H17ClN2O3S/c15-11-1-2-12(17(18)19)10(7-11)8-16-4-6-21-14-9-20-5-3-13(14)16/h1-2,7,13-14H,3-6,8-9H2/t13-,14-/m1/s1. The molecule has 7 heteroatoms. The minimum atomic E-state index is -0.328. The van der Waals surface area contributed by atoms with E-state index in [9.17, 15) is 10.1 Å².